The standard InChI is InChI=1S/C23H24ClN3O4S/c1-13-9-14(2)21(16(24)10-13)26-18(28)11-31-19(29)7-8-27-12-25-22-20(23(27)30)15-5-3-4-6-17(15)32-22/h9-10,12H,3-8,11H2,1-2H3,(H,26,28). The van der Waals surface area contributed by atoms with Crippen molar-refractivity contribution in [1.29, 1.82) is 0 Å². The van der Waals surface area contributed by atoms with Crippen molar-refractivity contribution in [1.82, 2.24) is 9.55 Å². The Kier molecular flexibility index (Phi) is 6.62. The van der Waals surface area contributed by atoms with Crippen LogP contribution in [0.15, 0.2) is 23.3 Å². The molecule has 0 atom stereocenters. The molecule has 0 unspecified atom stereocenters. The van der Waals surface area contributed by atoms with Crippen molar-refractivity contribution in [2.45, 2.75) is 52.5 Å². The number of thiophene rings is 1. The van der Waals surface area contributed by atoms with Crippen molar-refractivity contribution in [2.75, 3.05) is 11.9 Å². The maximum Gasteiger partial charge on any atom is 0.308 e. The molecule has 9 heteroatoms. The van der Waals surface area contributed by atoms with Gasteiger partial charge in [-0.3, -0.25) is 19.0 Å². The zero-order valence-electron chi connectivity index (χ0n) is 18.0. The van der Waals surface area contributed by atoms with Crippen LogP contribution >= 0.6 is 22.9 Å². The summed E-state index contributed by atoms with van der Waals surface area (Å²) in [5.41, 5.74) is 3.32. The molecule has 2 heterocycles. The van der Waals surface area contributed by atoms with Gasteiger partial charge in [-0.25, -0.2) is 4.98 Å². The van der Waals surface area contributed by atoms with Gasteiger partial charge in [-0.05, 0) is 62.3 Å². The van der Waals surface area contributed by atoms with Crippen molar-refractivity contribution in [2.24, 2.45) is 0 Å². The van der Waals surface area contributed by atoms with Crippen LogP contribution in [0.5, 0.6) is 0 Å². The summed E-state index contributed by atoms with van der Waals surface area (Å²) in [5, 5.41) is 3.79. The molecule has 32 heavy (non-hydrogen) atoms. The minimum Gasteiger partial charge on any atom is -0.456 e. The molecule has 0 aliphatic heterocycles. The van der Waals surface area contributed by atoms with Crippen molar-refractivity contribution >= 4 is 50.7 Å². The number of aryl methyl sites for hydroxylation is 5. The molecule has 0 radical (unpaired) electrons. The SMILES string of the molecule is Cc1cc(C)c(NC(=O)COC(=O)CCn2cnc3sc4c(c3c2=O)CCCC4)c(Cl)c1. The number of esters is 1. The highest BCUT2D eigenvalue weighted by Gasteiger charge is 2.20. The van der Waals surface area contributed by atoms with E-state index in [2.05, 4.69) is 10.3 Å². The average molecular weight is 474 g/mol. The summed E-state index contributed by atoms with van der Waals surface area (Å²) in [7, 11) is 0. The maximum atomic E-state index is 12.9. The molecular weight excluding hydrogens is 450 g/mol. The number of rotatable bonds is 6. The van der Waals surface area contributed by atoms with Gasteiger partial charge in [0.05, 0.1) is 28.8 Å². The molecule has 0 fully saturated rings. The van der Waals surface area contributed by atoms with E-state index in [4.69, 9.17) is 16.3 Å². The van der Waals surface area contributed by atoms with Gasteiger partial charge in [0.2, 0.25) is 0 Å². The molecule has 7 nitrogen and oxygen atoms in total. The Balaban J connectivity index is 1.34. The van der Waals surface area contributed by atoms with Gasteiger partial charge in [-0.1, -0.05) is 17.7 Å². The third-order valence-corrected chi connectivity index (χ3v) is 7.06. The number of anilines is 1. The molecule has 1 amide bonds. The van der Waals surface area contributed by atoms with Crippen molar-refractivity contribution in [3.8, 4) is 0 Å². The molecule has 168 valence electrons. The number of hydrogen-bond donors (Lipinski definition) is 1. The molecule has 1 aromatic carbocycles. The second kappa shape index (κ2) is 9.42. The second-order valence-corrected chi connectivity index (χ2v) is 9.52. The zero-order valence-corrected chi connectivity index (χ0v) is 19.6. The third-order valence-electron chi connectivity index (χ3n) is 5.56. The number of aromatic nitrogens is 2. The maximum absolute atomic E-state index is 12.9. The second-order valence-electron chi connectivity index (χ2n) is 8.03. The first-order valence-corrected chi connectivity index (χ1v) is 11.7. The van der Waals surface area contributed by atoms with Crippen molar-refractivity contribution in [3.05, 3.63) is 55.4 Å². The summed E-state index contributed by atoms with van der Waals surface area (Å²) in [5.74, 6) is -1.04. The number of carbonyl (C=O) groups excluding carboxylic acids is 2. The van der Waals surface area contributed by atoms with Crippen molar-refractivity contribution < 1.29 is 14.3 Å². The quantitative estimate of drug-likeness (QED) is 0.542. The van der Waals surface area contributed by atoms with Gasteiger partial charge < -0.3 is 10.1 Å². The molecule has 2 aromatic heterocycles. The molecule has 0 saturated heterocycles. The molecular formula is C23H24ClN3O4S. The van der Waals surface area contributed by atoms with Crippen LogP contribution in [0, 0.1) is 13.8 Å². The number of hydrogen-bond acceptors (Lipinski definition) is 6. The topological polar surface area (TPSA) is 90.3 Å². The number of nitrogens with zero attached hydrogens (tertiary/aromatic N) is 2. The highest BCUT2D eigenvalue weighted by molar-refractivity contribution is 7.18. The van der Waals surface area contributed by atoms with E-state index < -0.39 is 18.5 Å². The number of fused-ring (bicyclic) bond motifs is 3. The average Bonchev–Trinajstić information content (AvgIpc) is 3.13. The lowest BCUT2D eigenvalue weighted by molar-refractivity contribution is -0.147. The molecule has 1 aliphatic carbocycles. The van der Waals surface area contributed by atoms with Crippen LogP contribution in [-0.2, 0) is 33.7 Å². The largest absolute Gasteiger partial charge is 0.456 e. The summed E-state index contributed by atoms with van der Waals surface area (Å²) in [6.45, 7) is 3.48. The van der Waals surface area contributed by atoms with E-state index >= 15 is 0 Å². The summed E-state index contributed by atoms with van der Waals surface area (Å²) < 4.78 is 6.52. The summed E-state index contributed by atoms with van der Waals surface area (Å²) >= 11 is 7.78. The Labute approximate surface area is 194 Å². The monoisotopic (exact) mass is 473 g/mol. The number of amides is 1. The Bertz CT molecular complexity index is 1240. The van der Waals surface area contributed by atoms with Gasteiger partial charge in [-0.15, -0.1) is 11.3 Å². The van der Waals surface area contributed by atoms with E-state index in [-0.39, 0.29) is 18.5 Å². The van der Waals surface area contributed by atoms with Crippen LogP contribution in [-0.4, -0.2) is 28.0 Å². The molecule has 1 N–H and O–H groups in total. The number of carbonyl (C=O) groups is 2. The molecule has 0 saturated carbocycles. The third kappa shape index (κ3) is 4.71. The lowest BCUT2D eigenvalue weighted by atomic mass is 9.97. The first-order valence-electron chi connectivity index (χ1n) is 10.6. The van der Waals surface area contributed by atoms with Crippen LogP contribution < -0.4 is 10.9 Å². The fourth-order valence-electron chi connectivity index (χ4n) is 4.02. The Morgan fingerprint density at radius 3 is 2.81 bits per heavy atom. The molecule has 0 spiro atoms. The molecule has 0 bridgehead atoms. The van der Waals surface area contributed by atoms with Crippen LogP contribution in [0.3, 0.4) is 0 Å². The first kappa shape index (κ1) is 22.5. The summed E-state index contributed by atoms with van der Waals surface area (Å²) in [4.78, 5) is 43.7. The predicted molar refractivity (Wildman–Crippen MR) is 126 cm³/mol. The van der Waals surface area contributed by atoms with Gasteiger partial charge >= 0.3 is 5.97 Å². The lowest BCUT2D eigenvalue weighted by Gasteiger charge is -2.12. The number of halogens is 1. The van der Waals surface area contributed by atoms with Crippen LogP contribution in [0.2, 0.25) is 5.02 Å². The van der Waals surface area contributed by atoms with E-state index in [1.54, 1.807) is 17.4 Å². The lowest BCUT2D eigenvalue weighted by Crippen LogP contribution is -2.25. The Morgan fingerprint density at radius 1 is 1.25 bits per heavy atom. The van der Waals surface area contributed by atoms with Crippen LogP contribution in [0.1, 0.15) is 40.8 Å². The number of nitrogens with one attached hydrogen (secondary N) is 1. The molecule has 3 aromatic rings. The van der Waals surface area contributed by atoms with Gasteiger partial charge in [0.1, 0.15) is 4.83 Å². The fourth-order valence-corrected chi connectivity index (χ4v) is 5.61. The smallest absolute Gasteiger partial charge is 0.308 e. The van der Waals surface area contributed by atoms with Gasteiger partial charge in [0, 0.05) is 11.4 Å². The minimum atomic E-state index is -0.564. The van der Waals surface area contributed by atoms with Gasteiger partial charge in [0.15, 0.2) is 6.61 Å². The molecule has 4 rings (SSSR count). The predicted octanol–water partition coefficient (Wildman–Crippen LogP) is 4.18. The highest BCUT2D eigenvalue weighted by atomic mass is 35.5. The van der Waals surface area contributed by atoms with E-state index in [1.165, 1.54) is 15.8 Å². The Morgan fingerprint density at radius 2 is 2.03 bits per heavy atom. The molecule has 1 aliphatic rings. The van der Waals surface area contributed by atoms with E-state index in [1.807, 2.05) is 19.9 Å². The summed E-state index contributed by atoms with van der Waals surface area (Å²) in [6, 6.07) is 3.66. The number of benzene rings is 1. The first-order chi connectivity index (χ1) is 15.3. The Hall–Kier alpha value is -2.71. The van der Waals surface area contributed by atoms with Gasteiger partial charge in [-0.2, -0.15) is 0 Å². The summed E-state index contributed by atoms with van der Waals surface area (Å²) in [6.07, 6.45) is 5.57. The van der Waals surface area contributed by atoms with Crippen LogP contribution in [0.4, 0.5) is 5.69 Å². The van der Waals surface area contributed by atoms with Crippen LogP contribution in [0.25, 0.3) is 10.2 Å². The van der Waals surface area contributed by atoms with E-state index in [0.29, 0.717) is 16.1 Å². The number of ether oxygens (including phenoxy) is 1. The van der Waals surface area contributed by atoms with E-state index in [0.717, 1.165) is 47.2 Å². The van der Waals surface area contributed by atoms with Gasteiger partial charge in [0.25, 0.3) is 11.5 Å². The minimum absolute atomic E-state index is 0.0307. The highest BCUT2D eigenvalue weighted by Crippen LogP contribution is 2.33. The van der Waals surface area contributed by atoms with Crippen molar-refractivity contribution in [3.63, 3.8) is 0 Å². The fraction of sp³-hybridized carbons (Fsp3) is 0.391. The normalized spacial score (nSPS) is 13.1. The van der Waals surface area contributed by atoms with E-state index in [9.17, 15) is 14.4 Å². The zero-order chi connectivity index (χ0) is 22.8.